The van der Waals surface area contributed by atoms with Crippen LogP contribution in [-0.4, -0.2) is 45.4 Å². The first-order chi connectivity index (χ1) is 11.3. The molecule has 1 fully saturated rings. The van der Waals surface area contributed by atoms with Crippen molar-refractivity contribution in [3.63, 3.8) is 0 Å². The number of halogens is 1. The van der Waals surface area contributed by atoms with Gasteiger partial charge in [-0.1, -0.05) is 24.1 Å². The van der Waals surface area contributed by atoms with Crippen LogP contribution in [0, 0.1) is 12.8 Å². The van der Waals surface area contributed by atoms with E-state index in [-0.39, 0.29) is 41.7 Å². The van der Waals surface area contributed by atoms with Gasteiger partial charge in [-0.05, 0) is 38.3 Å². The van der Waals surface area contributed by atoms with E-state index in [2.05, 4.69) is 4.72 Å². The Morgan fingerprint density at radius 3 is 2.52 bits per heavy atom. The normalized spacial score (nSPS) is 20.6. The van der Waals surface area contributed by atoms with Crippen LogP contribution in [-0.2, 0) is 14.8 Å². The molecule has 6 nitrogen and oxygen atoms in total. The molecule has 2 atom stereocenters. The molecule has 0 aliphatic heterocycles. The molecule has 1 saturated carbocycles. The summed E-state index contributed by atoms with van der Waals surface area (Å²) in [4.78, 5) is 14.2. The number of benzene rings is 1. The monoisotopic (exact) mass is 389 g/mol. The molecule has 1 aromatic carbocycles. The Morgan fingerprint density at radius 2 is 1.92 bits per heavy atom. The number of rotatable bonds is 6. The molecule has 1 aliphatic carbocycles. The third-order valence-electron chi connectivity index (χ3n) is 4.51. The number of aryl methyl sites for hydroxylation is 1. The summed E-state index contributed by atoms with van der Waals surface area (Å²) in [6.45, 7) is 2.44. The number of hydrogen-bond donors (Lipinski definition) is 2. The predicted octanol–water partition coefficient (Wildman–Crippen LogP) is 1.67. The molecule has 25 heavy (non-hydrogen) atoms. The molecule has 142 valence electrons. The molecular formula is C17H28ClN3O3S. The van der Waals surface area contributed by atoms with Gasteiger partial charge in [0, 0.05) is 32.1 Å². The third kappa shape index (κ3) is 6.26. The lowest BCUT2D eigenvalue weighted by Gasteiger charge is -2.29. The van der Waals surface area contributed by atoms with Crippen LogP contribution in [0.25, 0.3) is 0 Å². The van der Waals surface area contributed by atoms with Crippen molar-refractivity contribution in [3.05, 3.63) is 29.8 Å². The molecule has 0 aromatic heterocycles. The highest BCUT2D eigenvalue weighted by atomic mass is 35.5. The fourth-order valence-electron chi connectivity index (χ4n) is 3.02. The Hall–Kier alpha value is -1.15. The molecule has 3 N–H and O–H groups in total. The van der Waals surface area contributed by atoms with E-state index in [1.54, 1.807) is 36.2 Å². The number of carbonyl (C=O) groups is 1. The van der Waals surface area contributed by atoms with Crippen LogP contribution in [0.3, 0.4) is 0 Å². The average Bonchev–Trinajstić information content (AvgIpc) is 2.54. The molecule has 2 unspecified atom stereocenters. The molecule has 1 amide bonds. The van der Waals surface area contributed by atoms with Gasteiger partial charge >= 0.3 is 0 Å². The number of nitrogens with one attached hydrogen (secondary N) is 1. The lowest BCUT2D eigenvalue weighted by Crippen LogP contribution is -2.42. The minimum atomic E-state index is -3.54. The second-order valence-corrected chi connectivity index (χ2v) is 8.36. The number of carbonyl (C=O) groups excluding carboxylic acids is 1. The highest BCUT2D eigenvalue weighted by Gasteiger charge is 2.27. The van der Waals surface area contributed by atoms with Crippen molar-refractivity contribution in [1.29, 1.82) is 0 Å². The van der Waals surface area contributed by atoms with E-state index >= 15 is 0 Å². The molecule has 2 rings (SSSR count). The van der Waals surface area contributed by atoms with Gasteiger partial charge in [-0.25, -0.2) is 13.1 Å². The summed E-state index contributed by atoms with van der Waals surface area (Å²) < 4.78 is 27.0. The molecule has 0 spiro atoms. The Kier molecular flexibility index (Phi) is 8.34. The topological polar surface area (TPSA) is 92.5 Å². The van der Waals surface area contributed by atoms with Gasteiger partial charge in [0.25, 0.3) is 0 Å². The van der Waals surface area contributed by atoms with Crippen LogP contribution >= 0.6 is 12.4 Å². The zero-order valence-corrected chi connectivity index (χ0v) is 16.4. The third-order valence-corrected chi connectivity index (χ3v) is 5.99. The van der Waals surface area contributed by atoms with Crippen molar-refractivity contribution in [3.8, 4) is 0 Å². The van der Waals surface area contributed by atoms with Crippen LogP contribution < -0.4 is 10.5 Å². The Bertz CT molecular complexity index is 664. The lowest BCUT2D eigenvalue weighted by molar-refractivity contribution is -0.135. The smallest absolute Gasteiger partial charge is 0.240 e. The highest BCUT2D eigenvalue weighted by molar-refractivity contribution is 7.89. The standard InChI is InChI=1S/C17H27N3O3S.ClH/c1-13-6-8-16(9-7-13)24(22,23)19-10-11-20(2)17(21)14-4-3-5-15(18)12-14;/h6-9,14-15,19H,3-5,10-12,18H2,1-2H3;1H. The molecule has 0 heterocycles. The van der Waals surface area contributed by atoms with E-state index in [4.69, 9.17) is 5.73 Å². The molecule has 1 aromatic rings. The zero-order valence-electron chi connectivity index (χ0n) is 14.8. The SMILES string of the molecule is Cc1ccc(S(=O)(=O)NCCN(C)C(=O)C2CCCC(N)C2)cc1.Cl. The molecule has 1 aliphatic rings. The van der Waals surface area contributed by atoms with Crippen molar-refractivity contribution >= 4 is 28.3 Å². The van der Waals surface area contributed by atoms with Gasteiger partial charge < -0.3 is 10.6 Å². The summed E-state index contributed by atoms with van der Waals surface area (Å²) in [5.41, 5.74) is 6.94. The summed E-state index contributed by atoms with van der Waals surface area (Å²) >= 11 is 0. The van der Waals surface area contributed by atoms with Crippen molar-refractivity contribution in [2.45, 2.75) is 43.5 Å². The first kappa shape index (κ1) is 21.9. The second-order valence-electron chi connectivity index (χ2n) is 6.59. The fraction of sp³-hybridized carbons (Fsp3) is 0.588. The summed E-state index contributed by atoms with van der Waals surface area (Å²) in [7, 11) is -1.83. The average molecular weight is 390 g/mol. The molecule has 0 radical (unpaired) electrons. The van der Waals surface area contributed by atoms with Crippen LogP contribution in [0.15, 0.2) is 29.2 Å². The largest absolute Gasteiger partial charge is 0.344 e. The van der Waals surface area contributed by atoms with E-state index in [0.29, 0.717) is 6.54 Å². The number of sulfonamides is 1. The lowest BCUT2D eigenvalue weighted by atomic mass is 9.85. The van der Waals surface area contributed by atoms with Gasteiger partial charge in [0.1, 0.15) is 0 Å². The van der Waals surface area contributed by atoms with Crippen LogP contribution in [0.4, 0.5) is 0 Å². The first-order valence-corrected chi connectivity index (χ1v) is 9.85. The second kappa shape index (κ2) is 9.52. The molecule has 0 saturated heterocycles. The Balaban J connectivity index is 0.00000312. The summed E-state index contributed by atoms with van der Waals surface area (Å²) in [5, 5.41) is 0. The number of nitrogens with zero attached hydrogens (tertiary/aromatic N) is 1. The minimum absolute atomic E-state index is 0. The predicted molar refractivity (Wildman–Crippen MR) is 101 cm³/mol. The van der Waals surface area contributed by atoms with Crippen LogP contribution in [0.5, 0.6) is 0 Å². The molecular weight excluding hydrogens is 362 g/mol. The molecule has 0 bridgehead atoms. The van der Waals surface area contributed by atoms with E-state index in [0.717, 1.165) is 31.2 Å². The Labute approximate surface area is 156 Å². The molecule has 8 heteroatoms. The van der Waals surface area contributed by atoms with Crippen LogP contribution in [0.1, 0.15) is 31.2 Å². The van der Waals surface area contributed by atoms with E-state index in [9.17, 15) is 13.2 Å². The number of likely N-dealkylation sites (N-methyl/N-ethyl adjacent to an activating group) is 1. The zero-order chi connectivity index (χ0) is 17.7. The maximum absolute atomic E-state index is 12.4. The van der Waals surface area contributed by atoms with Crippen molar-refractivity contribution < 1.29 is 13.2 Å². The number of amides is 1. The maximum Gasteiger partial charge on any atom is 0.240 e. The number of nitrogens with two attached hydrogens (primary N) is 1. The fourth-order valence-corrected chi connectivity index (χ4v) is 4.04. The van der Waals surface area contributed by atoms with Crippen molar-refractivity contribution in [2.75, 3.05) is 20.1 Å². The van der Waals surface area contributed by atoms with Gasteiger partial charge in [-0.15, -0.1) is 12.4 Å². The van der Waals surface area contributed by atoms with E-state index in [1.165, 1.54) is 0 Å². The Morgan fingerprint density at radius 1 is 1.28 bits per heavy atom. The van der Waals surface area contributed by atoms with Gasteiger partial charge in [0.05, 0.1) is 4.90 Å². The van der Waals surface area contributed by atoms with Gasteiger partial charge in [0.2, 0.25) is 15.9 Å². The summed E-state index contributed by atoms with van der Waals surface area (Å²) in [6.07, 6.45) is 3.54. The maximum atomic E-state index is 12.4. The summed E-state index contributed by atoms with van der Waals surface area (Å²) in [6, 6.07) is 6.78. The summed E-state index contributed by atoms with van der Waals surface area (Å²) in [5.74, 6) is 0.0205. The van der Waals surface area contributed by atoms with Gasteiger partial charge in [-0.3, -0.25) is 4.79 Å². The van der Waals surface area contributed by atoms with Crippen molar-refractivity contribution in [1.82, 2.24) is 9.62 Å². The van der Waals surface area contributed by atoms with Crippen LogP contribution in [0.2, 0.25) is 0 Å². The number of hydrogen-bond acceptors (Lipinski definition) is 4. The van der Waals surface area contributed by atoms with Gasteiger partial charge in [0.15, 0.2) is 0 Å². The first-order valence-electron chi connectivity index (χ1n) is 8.36. The highest BCUT2D eigenvalue weighted by Crippen LogP contribution is 2.24. The quantitative estimate of drug-likeness (QED) is 0.774. The van der Waals surface area contributed by atoms with Gasteiger partial charge in [-0.2, -0.15) is 0 Å². The minimum Gasteiger partial charge on any atom is -0.344 e. The van der Waals surface area contributed by atoms with E-state index in [1.807, 2.05) is 6.92 Å². The van der Waals surface area contributed by atoms with Crippen molar-refractivity contribution in [2.24, 2.45) is 11.7 Å². The van der Waals surface area contributed by atoms with E-state index < -0.39 is 10.0 Å².